The molecule has 0 amide bonds. The van der Waals surface area contributed by atoms with Crippen LogP contribution in [0.15, 0.2) is 30.3 Å². The number of ketones is 1. The summed E-state index contributed by atoms with van der Waals surface area (Å²) in [6.07, 6.45) is 4.99. The summed E-state index contributed by atoms with van der Waals surface area (Å²) in [4.78, 5) is 20.5. The van der Waals surface area contributed by atoms with E-state index in [-0.39, 0.29) is 5.78 Å². The minimum Gasteiger partial charge on any atom is -0.464 e. The molecule has 168 valence electrons. The number of thiazole rings is 1. The zero-order valence-electron chi connectivity index (χ0n) is 17.8. The molecule has 0 N–H and O–H groups in total. The highest BCUT2D eigenvalue weighted by atomic mass is 32.1. The molecule has 1 aromatic carbocycles. The summed E-state index contributed by atoms with van der Waals surface area (Å²) in [5.41, 5.74) is 1.82. The fraction of sp³-hybridized carbons (Fsp3) is 0.583. The molecule has 0 bridgehead atoms. The number of rotatable bonds is 9. The highest BCUT2D eigenvalue weighted by Gasteiger charge is 2.26. The molecule has 1 aliphatic heterocycles. The van der Waals surface area contributed by atoms with Gasteiger partial charge in [0.05, 0.1) is 5.69 Å². The maximum absolute atomic E-state index is 12.4. The maximum Gasteiger partial charge on any atom is 0.273 e. The number of nitrogens with zero attached hydrogens (tertiary/aromatic N) is 2. The number of carbonyl (C=O) groups is 1. The summed E-state index contributed by atoms with van der Waals surface area (Å²) < 4.78 is 29.8. The van der Waals surface area contributed by atoms with E-state index in [0.29, 0.717) is 17.5 Å². The normalized spacial score (nSPS) is 21.8. The highest BCUT2D eigenvalue weighted by molar-refractivity contribution is 7.13. The van der Waals surface area contributed by atoms with Crippen molar-refractivity contribution in [2.75, 3.05) is 19.7 Å². The Hall–Kier alpha value is -1.86. The van der Waals surface area contributed by atoms with Crippen molar-refractivity contribution in [2.24, 2.45) is 11.8 Å². The van der Waals surface area contributed by atoms with Crippen LogP contribution in [-0.4, -0.2) is 41.8 Å². The van der Waals surface area contributed by atoms with Gasteiger partial charge in [0, 0.05) is 30.0 Å². The van der Waals surface area contributed by atoms with Crippen LogP contribution in [0.4, 0.5) is 8.78 Å². The van der Waals surface area contributed by atoms with Crippen LogP contribution < -0.4 is 4.74 Å². The Balaban J connectivity index is 1.17. The van der Waals surface area contributed by atoms with E-state index < -0.39 is 13.0 Å². The number of alkyl halides is 2. The number of Topliss-reactive ketones (excluding diaryl/α,β-unsaturated/α-hetero) is 1. The lowest BCUT2D eigenvalue weighted by molar-refractivity contribution is 0.0815. The monoisotopic (exact) mass is 448 g/mol. The lowest BCUT2D eigenvalue weighted by atomic mass is 9.78. The van der Waals surface area contributed by atoms with E-state index in [1.54, 1.807) is 0 Å². The van der Waals surface area contributed by atoms with Gasteiger partial charge in [-0.2, -0.15) is 0 Å². The minimum absolute atomic E-state index is 0.272. The van der Waals surface area contributed by atoms with Gasteiger partial charge in [0.2, 0.25) is 0 Å². The second kappa shape index (κ2) is 10.6. The molecule has 0 atom stereocenters. The molecule has 0 radical (unpaired) electrons. The van der Waals surface area contributed by atoms with Crippen molar-refractivity contribution in [1.82, 2.24) is 9.88 Å². The molecule has 31 heavy (non-hydrogen) atoms. The number of carbonyl (C=O) groups excluding carboxylic acids is 1. The van der Waals surface area contributed by atoms with E-state index in [9.17, 15) is 13.6 Å². The summed E-state index contributed by atoms with van der Waals surface area (Å²) in [6.45, 7) is 2.23. The second-order valence-electron chi connectivity index (χ2n) is 8.75. The van der Waals surface area contributed by atoms with Crippen molar-refractivity contribution in [1.29, 1.82) is 0 Å². The summed E-state index contributed by atoms with van der Waals surface area (Å²) in [6, 6.07) is 9.62. The van der Waals surface area contributed by atoms with Crippen molar-refractivity contribution >= 4 is 17.1 Å². The van der Waals surface area contributed by atoms with Gasteiger partial charge >= 0.3 is 0 Å². The van der Waals surface area contributed by atoms with Crippen molar-refractivity contribution in [2.45, 2.75) is 57.9 Å². The van der Waals surface area contributed by atoms with E-state index in [2.05, 4.69) is 9.88 Å². The van der Waals surface area contributed by atoms with Crippen LogP contribution in [0.2, 0.25) is 0 Å². The Bertz CT molecular complexity index is 851. The molecule has 4 rings (SSSR count). The Kier molecular flexibility index (Phi) is 7.67. The third-order valence-electron chi connectivity index (χ3n) is 6.51. The standard InChI is InChI=1S/C24H30F2N2O2S/c25-23(26)16-30-24-27-20-15-28(13-11-22(20)31-24)12-10-17-6-8-18(9-7-17)14-21(29)19-4-2-1-3-5-19/h1-5,17-18,23H,6-16H2. The van der Waals surface area contributed by atoms with Gasteiger partial charge in [-0.25, -0.2) is 13.8 Å². The first-order valence-electron chi connectivity index (χ1n) is 11.3. The molecule has 1 aromatic heterocycles. The SMILES string of the molecule is O=C(CC1CCC(CCN2CCc3sc(OCC(F)F)nc3C2)CC1)c1ccccc1. The van der Waals surface area contributed by atoms with E-state index in [0.717, 1.165) is 56.1 Å². The Morgan fingerprint density at radius 3 is 2.65 bits per heavy atom. The lowest BCUT2D eigenvalue weighted by Gasteiger charge is -2.31. The molecule has 2 heterocycles. The van der Waals surface area contributed by atoms with E-state index in [1.165, 1.54) is 35.5 Å². The van der Waals surface area contributed by atoms with E-state index >= 15 is 0 Å². The summed E-state index contributed by atoms with van der Waals surface area (Å²) in [7, 11) is 0. The molecule has 1 fully saturated rings. The zero-order valence-corrected chi connectivity index (χ0v) is 18.6. The number of hydrogen-bond donors (Lipinski definition) is 0. The Labute approximate surface area is 186 Å². The van der Waals surface area contributed by atoms with Crippen LogP contribution in [0.25, 0.3) is 0 Å². The van der Waals surface area contributed by atoms with Gasteiger partial charge in [-0.1, -0.05) is 54.5 Å². The molecule has 0 spiro atoms. The van der Waals surface area contributed by atoms with Crippen LogP contribution in [0, 0.1) is 11.8 Å². The van der Waals surface area contributed by atoms with Crippen molar-refractivity contribution in [3.8, 4) is 5.19 Å². The largest absolute Gasteiger partial charge is 0.464 e. The van der Waals surface area contributed by atoms with Crippen LogP contribution in [0.1, 0.15) is 59.5 Å². The molecule has 1 saturated carbocycles. The van der Waals surface area contributed by atoms with Gasteiger partial charge in [-0.05, 0) is 44.1 Å². The summed E-state index contributed by atoms with van der Waals surface area (Å²) in [5.74, 6) is 1.52. The topological polar surface area (TPSA) is 42.4 Å². The number of hydrogen-bond acceptors (Lipinski definition) is 5. The summed E-state index contributed by atoms with van der Waals surface area (Å²) in [5, 5.41) is 0.371. The zero-order chi connectivity index (χ0) is 21.6. The molecule has 7 heteroatoms. The van der Waals surface area contributed by atoms with Crippen molar-refractivity contribution in [3.05, 3.63) is 46.5 Å². The highest BCUT2D eigenvalue weighted by Crippen LogP contribution is 2.34. The third kappa shape index (κ3) is 6.32. The van der Waals surface area contributed by atoms with Gasteiger partial charge in [0.25, 0.3) is 11.6 Å². The predicted octanol–water partition coefficient (Wildman–Crippen LogP) is 5.61. The molecule has 4 nitrogen and oxygen atoms in total. The number of halogens is 2. The number of benzene rings is 1. The average Bonchev–Trinajstić information content (AvgIpc) is 3.20. The number of fused-ring (bicyclic) bond motifs is 1. The number of aromatic nitrogens is 1. The quantitative estimate of drug-likeness (QED) is 0.467. The Morgan fingerprint density at radius 1 is 1.16 bits per heavy atom. The van der Waals surface area contributed by atoms with Gasteiger partial charge in [-0.3, -0.25) is 9.69 Å². The van der Waals surface area contributed by atoms with Crippen LogP contribution in [-0.2, 0) is 13.0 Å². The van der Waals surface area contributed by atoms with Gasteiger partial charge in [0.15, 0.2) is 12.4 Å². The third-order valence-corrected chi connectivity index (χ3v) is 7.58. The first-order valence-corrected chi connectivity index (χ1v) is 12.1. The first-order chi connectivity index (χ1) is 15.1. The second-order valence-corrected chi connectivity index (χ2v) is 9.79. The van der Waals surface area contributed by atoms with Gasteiger partial charge in [-0.15, -0.1) is 0 Å². The van der Waals surface area contributed by atoms with Gasteiger partial charge < -0.3 is 4.74 Å². The molecular weight excluding hydrogens is 418 g/mol. The molecule has 0 unspecified atom stereocenters. The minimum atomic E-state index is -2.47. The smallest absolute Gasteiger partial charge is 0.273 e. The number of ether oxygens (including phenoxy) is 1. The molecule has 2 aromatic rings. The summed E-state index contributed by atoms with van der Waals surface area (Å²) >= 11 is 1.41. The Morgan fingerprint density at radius 2 is 1.90 bits per heavy atom. The van der Waals surface area contributed by atoms with E-state index in [1.807, 2.05) is 30.3 Å². The maximum atomic E-state index is 12.4. The van der Waals surface area contributed by atoms with Gasteiger partial charge in [0.1, 0.15) is 0 Å². The lowest BCUT2D eigenvalue weighted by Crippen LogP contribution is -2.32. The van der Waals surface area contributed by atoms with Crippen molar-refractivity contribution < 1.29 is 18.3 Å². The molecular formula is C24H30F2N2O2S. The van der Waals surface area contributed by atoms with Crippen LogP contribution in [0.3, 0.4) is 0 Å². The van der Waals surface area contributed by atoms with Crippen LogP contribution >= 0.6 is 11.3 Å². The molecule has 2 aliphatic rings. The van der Waals surface area contributed by atoms with Crippen molar-refractivity contribution in [3.63, 3.8) is 0 Å². The first kappa shape index (κ1) is 22.3. The van der Waals surface area contributed by atoms with E-state index in [4.69, 9.17) is 4.74 Å². The predicted molar refractivity (Wildman–Crippen MR) is 118 cm³/mol. The fourth-order valence-corrected chi connectivity index (χ4v) is 5.62. The fourth-order valence-electron chi connectivity index (χ4n) is 4.71. The molecule has 0 saturated heterocycles. The average molecular weight is 449 g/mol. The molecule has 1 aliphatic carbocycles. The van der Waals surface area contributed by atoms with Crippen LogP contribution in [0.5, 0.6) is 5.19 Å².